The van der Waals surface area contributed by atoms with E-state index in [2.05, 4.69) is 25.5 Å². The van der Waals surface area contributed by atoms with Gasteiger partial charge in [0.05, 0.1) is 30.5 Å². The highest BCUT2D eigenvalue weighted by atomic mass is 32.1. The van der Waals surface area contributed by atoms with Gasteiger partial charge in [0.1, 0.15) is 16.5 Å². The molecule has 1 aliphatic rings. The number of fused-ring (bicyclic) bond motifs is 2. The zero-order valence-electron chi connectivity index (χ0n) is 17.2. The van der Waals surface area contributed by atoms with E-state index in [1.807, 2.05) is 30.3 Å². The fourth-order valence-electron chi connectivity index (χ4n) is 3.75. The predicted octanol–water partition coefficient (Wildman–Crippen LogP) is 3.05. The summed E-state index contributed by atoms with van der Waals surface area (Å²) in [5.41, 5.74) is 3.13. The van der Waals surface area contributed by atoms with E-state index in [4.69, 9.17) is 4.74 Å². The lowest BCUT2D eigenvalue weighted by Crippen LogP contribution is -2.29. The average molecular weight is 457 g/mol. The van der Waals surface area contributed by atoms with Gasteiger partial charge in [0.15, 0.2) is 0 Å². The number of carbonyl (C=O) groups is 2. The number of aromatic amines is 1. The molecule has 0 radical (unpaired) electrons. The molecule has 0 spiro atoms. The standard InChI is InChI=1S/C22H15N7O3S/c1-32-13-8-6-12(7-9-13)16-10-17(24-23-16)19-25-26-22-29(19)27-18(33-22)11-28-20(30)14-4-2-3-5-15(14)21(28)31/h2-10H,11H2,1H3,(H,23,24). The van der Waals surface area contributed by atoms with E-state index in [1.54, 1.807) is 35.9 Å². The molecule has 3 aromatic heterocycles. The first kappa shape index (κ1) is 19.3. The third kappa shape index (κ3) is 3.09. The van der Waals surface area contributed by atoms with Gasteiger partial charge in [-0.15, -0.1) is 10.2 Å². The molecule has 1 aliphatic heterocycles. The smallest absolute Gasteiger partial charge is 0.261 e. The largest absolute Gasteiger partial charge is 0.497 e. The molecule has 33 heavy (non-hydrogen) atoms. The van der Waals surface area contributed by atoms with Crippen LogP contribution in [-0.2, 0) is 6.54 Å². The van der Waals surface area contributed by atoms with Gasteiger partial charge in [-0.05, 0) is 42.5 Å². The first-order valence-electron chi connectivity index (χ1n) is 9.99. The Kier molecular flexibility index (Phi) is 4.30. The highest BCUT2D eigenvalue weighted by Crippen LogP contribution is 2.28. The SMILES string of the molecule is COc1ccc(-c2cc(-c3nnc4sc(CN5C(=O)c6ccccc6C5=O)nn34)[nH]n2)cc1. The number of nitrogens with one attached hydrogen (secondary N) is 1. The predicted molar refractivity (Wildman–Crippen MR) is 119 cm³/mol. The van der Waals surface area contributed by atoms with E-state index in [0.29, 0.717) is 32.6 Å². The molecule has 0 saturated heterocycles. The van der Waals surface area contributed by atoms with Gasteiger partial charge in [-0.3, -0.25) is 19.6 Å². The molecule has 1 N–H and O–H groups in total. The lowest BCUT2D eigenvalue weighted by Gasteiger charge is -2.10. The number of methoxy groups -OCH3 is 1. The Morgan fingerprint density at radius 3 is 2.42 bits per heavy atom. The number of hydrogen-bond donors (Lipinski definition) is 1. The van der Waals surface area contributed by atoms with E-state index in [9.17, 15) is 9.59 Å². The summed E-state index contributed by atoms with van der Waals surface area (Å²) >= 11 is 1.27. The summed E-state index contributed by atoms with van der Waals surface area (Å²) in [5.74, 6) is 0.614. The third-order valence-electron chi connectivity index (χ3n) is 5.41. The van der Waals surface area contributed by atoms with E-state index in [-0.39, 0.29) is 18.4 Å². The quantitative estimate of drug-likeness (QED) is 0.403. The van der Waals surface area contributed by atoms with Gasteiger partial charge < -0.3 is 4.74 Å². The highest BCUT2D eigenvalue weighted by Gasteiger charge is 2.35. The van der Waals surface area contributed by atoms with E-state index < -0.39 is 0 Å². The fraction of sp³-hybridized carbons (Fsp3) is 0.0909. The van der Waals surface area contributed by atoms with Crippen molar-refractivity contribution < 1.29 is 14.3 Å². The lowest BCUT2D eigenvalue weighted by atomic mass is 10.1. The summed E-state index contributed by atoms with van der Waals surface area (Å²) in [7, 11) is 1.62. The molecule has 0 fully saturated rings. The van der Waals surface area contributed by atoms with Crippen molar-refractivity contribution in [3.63, 3.8) is 0 Å². The van der Waals surface area contributed by atoms with Crippen LogP contribution in [0.1, 0.15) is 25.7 Å². The van der Waals surface area contributed by atoms with Crippen LogP contribution < -0.4 is 4.74 Å². The van der Waals surface area contributed by atoms with Gasteiger partial charge >= 0.3 is 0 Å². The van der Waals surface area contributed by atoms with Crippen molar-refractivity contribution in [3.05, 3.63) is 70.7 Å². The molecule has 6 rings (SSSR count). The molecular weight excluding hydrogens is 442 g/mol. The topological polar surface area (TPSA) is 118 Å². The van der Waals surface area contributed by atoms with Crippen molar-refractivity contribution in [1.82, 2.24) is 34.9 Å². The van der Waals surface area contributed by atoms with Crippen LogP contribution in [0.5, 0.6) is 5.75 Å². The monoisotopic (exact) mass is 457 g/mol. The number of ether oxygens (including phenoxy) is 1. The Bertz CT molecular complexity index is 1500. The van der Waals surface area contributed by atoms with Crippen molar-refractivity contribution in [3.8, 4) is 28.5 Å². The molecule has 0 atom stereocenters. The highest BCUT2D eigenvalue weighted by molar-refractivity contribution is 7.16. The van der Waals surface area contributed by atoms with Crippen molar-refractivity contribution in [2.24, 2.45) is 0 Å². The molecule has 2 amide bonds. The molecule has 0 bridgehead atoms. The summed E-state index contributed by atoms with van der Waals surface area (Å²) in [4.78, 5) is 27.1. The normalized spacial score (nSPS) is 13.2. The zero-order valence-corrected chi connectivity index (χ0v) is 18.0. The number of carbonyl (C=O) groups excluding carboxylic acids is 2. The Hall–Kier alpha value is -4.38. The van der Waals surface area contributed by atoms with Crippen molar-refractivity contribution in [2.75, 3.05) is 7.11 Å². The summed E-state index contributed by atoms with van der Waals surface area (Å²) in [5, 5.41) is 20.9. The summed E-state index contributed by atoms with van der Waals surface area (Å²) < 4.78 is 6.78. The molecule has 5 aromatic rings. The fourth-order valence-corrected chi connectivity index (χ4v) is 4.57. The second-order valence-electron chi connectivity index (χ2n) is 7.35. The van der Waals surface area contributed by atoms with Gasteiger partial charge in [-0.25, -0.2) is 0 Å². The Labute approximate surface area is 190 Å². The lowest BCUT2D eigenvalue weighted by molar-refractivity contribution is 0.0642. The maximum Gasteiger partial charge on any atom is 0.261 e. The summed E-state index contributed by atoms with van der Waals surface area (Å²) in [6.45, 7) is 0.0693. The van der Waals surface area contributed by atoms with Crippen LogP contribution >= 0.6 is 11.3 Å². The number of H-pyrrole nitrogens is 1. The number of nitrogens with zero attached hydrogens (tertiary/aromatic N) is 6. The third-order valence-corrected chi connectivity index (χ3v) is 6.29. The number of hydrogen-bond acceptors (Lipinski definition) is 8. The van der Waals surface area contributed by atoms with E-state index in [0.717, 1.165) is 17.0 Å². The number of imide groups is 1. The van der Waals surface area contributed by atoms with Crippen molar-refractivity contribution in [2.45, 2.75) is 6.54 Å². The van der Waals surface area contributed by atoms with E-state index in [1.165, 1.54) is 16.2 Å². The zero-order chi connectivity index (χ0) is 22.5. The number of amides is 2. The second-order valence-corrected chi connectivity index (χ2v) is 8.39. The first-order chi connectivity index (χ1) is 16.1. The maximum absolute atomic E-state index is 12.7. The number of aromatic nitrogens is 6. The molecule has 11 heteroatoms. The molecule has 2 aromatic carbocycles. The molecule has 162 valence electrons. The van der Waals surface area contributed by atoms with Crippen LogP contribution in [0.3, 0.4) is 0 Å². The Morgan fingerprint density at radius 1 is 1.00 bits per heavy atom. The van der Waals surface area contributed by atoms with E-state index >= 15 is 0 Å². The van der Waals surface area contributed by atoms with Crippen LogP contribution in [-0.4, -0.2) is 53.8 Å². The van der Waals surface area contributed by atoms with Gasteiger partial charge in [0.2, 0.25) is 10.8 Å². The minimum Gasteiger partial charge on any atom is -0.497 e. The molecule has 0 aliphatic carbocycles. The maximum atomic E-state index is 12.7. The van der Waals surface area contributed by atoms with Crippen LogP contribution in [0.4, 0.5) is 0 Å². The van der Waals surface area contributed by atoms with Crippen molar-refractivity contribution in [1.29, 1.82) is 0 Å². The molecule has 0 saturated carbocycles. The van der Waals surface area contributed by atoms with Gasteiger partial charge in [0.25, 0.3) is 11.8 Å². The van der Waals surface area contributed by atoms with Gasteiger partial charge in [0, 0.05) is 5.56 Å². The number of rotatable bonds is 5. The molecular formula is C22H15N7O3S. The summed E-state index contributed by atoms with van der Waals surface area (Å²) in [6, 6.07) is 16.2. The molecule has 0 unspecified atom stereocenters. The minimum atomic E-state index is -0.320. The minimum absolute atomic E-state index is 0.0693. The first-order valence-corrected chi connectivity index (χ1v) is 10.8. The summed E-state index contributed by atoms with van der Waals surface area (Å²) in [6.07, 6.45) is 0. The average Bonchev–Trinajstić information content (AvgIpc) is 3.61. The molecule has 4 heterocycles. The van der Waals surface area contributed by atoms with Gasteiger partial charge in [-0.2, -0.15) is 14.7 Å². The van der Waals surface area contributed by atoms with Crippen LogP contribution in [0.15, 0.2) is 54.6 Å². The Morgan fingerprint density at radius 2 is 1.73 bits per heavy atom. The van der Waals surface area contributed by atoms with Crippen LogP contribution in [0.2, 0.25) is 0 Å². The van der Waals surface area contributed by atoms with Gasteiger partial charge in [-0.1, -0.05) is 23.5 Å². The Balaban J connectivity index is 1.28. The van der Waals surface area contributed by atoms with Crippen LogP contribution in [0.25, 0.3) is 27.7 Å². The van der Waals surface area contributed by atoms with Crippen LogP contribution in [0, 0.1) is 0 Å². The second kappa shape index (κ2) is 7.35. The number of benzene rings is 2. The van der Waals surface area contributed by atoms with Crippen molar-refractivity contribution >= 4 is 28.1 Å². The molecule has 10 nitrogen and oxygen atoms in total.